The van der Waals surface area contributed by atoms with Crippen molar-refractivity contribution in [3.8, 4) is 45.5 Å². The van der Waals surface area contributed by atoms with Crippen LogP contribution in [0.1, 0.15) is 11.4 Å². The SMILES string of the molecule is NC1=c2ccc([nH]2)=Cc2ccc([nH]2)-c2c(O)c(O)c(O)c(O)c(c3ccc2[nH]3)-c2ccc1[nH]2. The van der Waals surface area contributed by atoms with Crippen LogP contribution < -0.4 is 16.4 Å². The molecule has 0 saturated carbocycles. The van der Waals surface area contributed by atoms with Gasteiger partial charge in [0.2, 0.25) is 11.5 Å². The van der Waals surface area contributed by atoms with E-state index in [2.05, 4.69) is 19.9 Å². The lowest BCUT2D eigenvalue weighted by Gasteiger charge is -2.06. The van der Waals surface area contributed by atoms with E-state index in [1.54, 1.807) is 30.3 Å². The number of hydrogen-bond acceptors (Lipinski definition) is 5. The lowest BCUT2D eigenvalue weighted by molar-refractivity contribution is 0.351. The van der Waals surface area contributed by atoms with Crippen LogP contribution in [0.4, 0.5) is 0 Å². The molecule has 6 heterocycles. The second-order valence-electron chi connectivity index (χ2n) is 7.93. The van der Waals surface area contributed by atoms with Crippen molar-refractivity contribution in [1.29, 1.82) is 0 Å². The fourth-order valence-electron chi connectivity index (χ4n) is 4.25. The van der Waals surface area contributed by atoms with Gasteiger partial charge in [-0.05, 0) is 54.6 Å². The lowest BCUT2D eigenvalue weighted by Crippen LogP contribution is -2.18. The summed E-state index contributed by atoms with van der Waals surface area (Å²) in [5.41, 5.74) is 10.4. The summed E-state index contributed by atoms with van der Waals surface area (Å²) in [7, 11) is 0. The third-order valence-electron chi connectivity index (χ3n) is 5.90. The molecule has 0 aliphatic carbocycles. The number of aromatic nitrogens is 4. The molecule has 9 heteroatoms. The van der Waals surface area contributed by atoms with Gasteiger partial charge in [-0.25, -0.2) is 0 Å². The highest BCUT2D eigenvalue weighted by Gasteiger charge is 2.21. The van der Waals surface area contributed by atoms with Crippen molar-refractivity contribution >= 4 is 22.8 Å². The largest absolute Gasteiger partial charge is 0.504 e. The van der Waals surface area contributed by atoms with Gasteiger partial charge in [-0.1, -0.05) is 0 Å². The van der Waals surface area contributed by atoms with E-state index in [4.69, 9.17) is 5.73 Å². The first-order chi connectivity index (χ1) is 15.9. The van der Waals surface area contributed by atoms with Gasteiger partial charge < -0.3 is 46.1 Å². The van der Waals surface area contributed by atoms with Crippen molar-refractivity contribution in [3.63, 3.8) is 0 Å². The third-order valence-corrected chi connectivity index (χ3v) is 5.90. The molecule has 0 amide bonds. The number of hydrogen-bond donors (Lipinski definition) is 9. The fourth-order valence-corrected chi connectivity index (χ4v) is 4.25. The van der Waals surface area contributed by atoms with E-state index in [0.29, 0.717) is 39.2 Å². The molecule has 0 unspecified atom stereocenters. The van der Waals surface area contributed by atoms with E-state index < -0.39 is 23.0 Å². The first-order valence-electron chi connectivity index (χ1n) is 10.2. The summed E-state index contributed by atoms with van der Waals surface area (Å²) in [5.74, 6) is -2.93. The molecule has 5 aromatic rings. The van der Waals surface area contributed by atoms with Gasteiger partial charge in [-0.15, -0.1) is 0 Å². The fraction of sp³-hybridized carbons (Fsp3) is 0. The van der Waals surface area contributed by atoms with E-state index in [0.717, 1.165) is 11.0 Å². The smallest absolute Gasteiger partial charge is 0.205 e. The van der Waals surface area contributed by atoms with Crippen LogP contribution in [0.5, 0.6) is 23.0 Å². The van der Waals surface area contributed by atoms with Crippen LogP contribution in [0.15, 0.2) is 48.5 Å². The van der Waals surface area contributed by atoms with Crippen LogP contribution in [0, 0.1) is 0 Å². The summed E-state index contributed by atoms with van der Waals surface area (Å²) in [6, 6.07) is 14.2. The van der Waals surface area contributed by atoms with Crippen molar-refractivity contribution in [2.45, 2.75) is 0 Å². The molecule has 0 saturated heterocycles. The van der Waals surface area contributed by atoms with Gasteiger partial charge in [0.25, 0.3) is 0 Å². The molecule has 9 nitrogen and oxygen atoms in total. The molecular weight excluding hydrogens is 422 g/mol. The van der Waals surface area contributed by atoms with Gasteiger partial charge >= 0.3 is 0 Å². The van der Waals surface area contributed by atoms with E-state index in [1.807, 2.05) is 24.3 Å². The molecule has 0 radical (unpaired) electrons. The van der Waals surface area contributed by atoms with Crippen LogP contribution in [0.25, 0.3) is 45.3 Å². The molecule has 0 aromatic carbocycles. The van der Waals surface area contributed by atoms with Crippen molar-refractivity contribution in [3.05, 3.63) is 70.6 Å². The van der Waals surface area contributed by atoms with Crippen LogP contribution in [0.3, 0.4) is 0 Å². The first-order valence-corrected chi connectivity index (χ1v) is 10.2. The Balaban J connectivity index is 1.85. The Morgan fingerprint density at radius 2 is 1.15 bits per heavy atom. The van der Waals surface area contributed by atoms with Gasteiger partial charge in [-0.3, -0.25) is 0 Å². The molecule has 1 aliphatic heterocycles. The topological polar surface area (TPSA) is 170 Å². The maximum absolute atomic E-state index is 10.9. The highest BCUT2D eigenvalue weighted by Crippen LogP contribution is 2.48. The van der Waals surface area contributed by atoms with Crippen molar-refractivity contribution < 1.29 is 20.4 Å². The van der Waals surface area contributed by atoms with Crippen molar-refractivity contribution in [2.75, 3.05) is 0 Å². The van der Waals surface area contributed by atoms with Crippen LogP contribution >= 0.6 is 0 Å². The van der Waals surface area contributed by atoms with Crippen LogP contribution in [-0.2, 0) is 0 Å². The summed E-state index contributed by atoms with van der Waals surface area (Å²) in [5, 5.41) is 44.6. The molecule has 33 heavy (non-hydrogen) atoms. The second-order valence-corrected chi connectivity index (χ2v) is 7.93. The van der Waals surface area contributed by atoms with Gasteiger partial charge in [0.05, 0.1) is 50.3 Å². The molecule has 10 N–H and O–H groups in total. The monoisotopic (exact) mass is 441 g/mol. The Bertz CT molecular complexity index is 1730. The maximum atomic E-state index is 10.9. The number of aromatic amines is 4. The molecule has 6 rings (SSSR count). The molecule has 10 bridgehead atoms. The number of aromatic hydroxyl groups is 4. The van der Waals surface area contributed by atoms with Crippen LogP contribution in [0.2, 0.25) is 0 Å². The number of H-pyrrole nitrogens is 4. The van der Waals surface area contributed by atoms with E-state index >= 15 is 0 Å². The molecule has 5 aromatic heterocycles. The number of nitrogens with one attached hydrogen (secondary N) is 4. The minimum atomic E-state index is -0.861. The summed E-state index contributed by atoms with van der Waals surface area (Å²) < 4.78 is 0. The maximum Gasteiger partial charge on any atom is 0.205 e. The lowest BCUT2D eigenvalue weighted by atomic mass is 10.1. The summed E-state index contributed by atoms with van der Waals surface area (Å²) in [6.07, 6.45) is 1.87. The molecule has 0 fully saturated rings. The highest BCUT2D eigenvalue weighted by atomic mass is 16.3. The zero-order chi connectivity index (χ0) is 22.9. The van der Waals surface area contributed by atoms with Crippen molar-refractivity contribution in [2.24, 2.45) is 5.73 Å². The van der Waals surface area contributed by atoms with Gasteiger partial charge in [-0.2, -0.15) is 0 Å². The molecule has 0 atom stereocenters. The Hall–Kier alpha value is -4.92. The number of rotatable bonds is 0. The predicted molar refractivity (Wildman–Crippen MR) is 124 cm³/mol. The molecular formula is C24H19N5O4. The van der Waals surface area contributed by atoms with Crippen LogP contribution in [-0.4, -0.2) is 40.4 Å². The van der Waals surface area contributed by atoms with Crippen molar-refractivity contribution in [1.82, 2.24) is 19.9 Å². The molecule has 0 spiro atoms. The minimum Gasteiger partial charge on any atom is -0.504 e. The van der Waals surface area contributed by atoms with Gasteiger partial charge in [0, 0.05) is 11.0 Å². The third kappa shape index (κ3) is 2.72. The molecule has 1 aliphatic rings. The summed E-state index contributed by atoms with van der Waals surface area (Å²) >= 11 is 0. The van der Waals surface area contributed by atoms with E-state index in [9.17, 15) is 20.4 Å². The second kappa shape index (κ2) is 6.54. The first kappa shape index (κ1) is 18.8. The average molecular weight is 441 g/mol. The standard InChI is InChI=1S/C24H19N5O4/c25-20-16-4-2-11(27-16)9-10-1-3-12(26-10)18-13-5-6-14(28-13)19(15-7-8-17(20)29-15)22(31)24(33)23(32)21(18)30/h1-9,26-33H,25H2. The van der Waals surface area contributed by atoms with E-state index in [1.165, 1.54) is 0 Å². The number of fused-ring (bicyclic) bond motifs is 8. The van der Waals surface area contributed by atoms with Gasteiger partial charge in [0.1, 0.15) is 0 Å². The number of nitrogens with two attached hydrogens (primary N) is 1. The zero-order valence-electron chi connectivity index (χ0n) is 17.1. The average Bonchev–Trinajstić information content (AvgIpc) is 3.60. The highest BCUT2D eigenvalue weighted by molar-refractivity contribution is 5.93. The Morgan fingerprint density at radius 1 is 0.545 bits per heavy atom. The Kier molecular flexibility index (Phi) is 3.73. The zero-order valence-corrected chi connectivity index (χ0v) is 17.1. The summed E-state index contributed by atoms with van der Waals surface area (Å²) in [6.45, 7) is 0. The Labute approximate surface area is 185 Å². The Morgan fingerprint density at radius 3 is 1.85 bits per heavy atom. The predicted octanol–water partition coefficient (Wildman–Crippen LogP) is 2.13. The quantitative estimate of drug-likeness (QED) is 0.179. The van der Waals surface area contributed by atoms with E-state index in [-0.39, 0.29) is 11.1 Å². The normalized spacial score (nSPS) is 12.4. The summed E-state index contributed by atoms with van der Waals surface area (Å²) in [4.78, 5) is 12.8. The minimum absolute atomic E-state index is 0.193. The van der Waals surface area contributed by atoms with Gasteiger partial charge in [0.15, 0.2) is 11.5 Å². The molecule has 164 valence electrons.